The van der Waals surface area contributed by atoms with E-state index in [0.717, 1.165) is 40.8 Å². The highest BCUT2D eigenvalue weighted by Crippen LogP contribution is 2.19. The van der Waals surface area contributed by atoms with E-state index in [9.17, 15) is 8.42 Å². The Labute approximate surface area is 195 Å². The number of sulfone groups is 1. The molecule has 1 heterocycles. The molecule has 3 rings (SSSR count). The predicted octanol–water partition coefficient (Wildman–Crippen LogP) is 4.06. The van der Waals surface area contributed by atoms with E-state index in [1.807, 2.05) is 43.3 Å². The van der Waals surface area contributed by atoms with E-state index in [2.05, 4.69) is 21.7 Å². The van der Waals surface area contributed by atoms with Gasteiger partial charge in [-0.2, -0.15) is 0 Å². The number of fused-ring (bicyclic) bond motifs is 1. The van der Waals surface area contributed by atoms with Crippen molar-refractivity contribution < 1.29 is 12.8 Å². The number of nitrogens with one attached hydrogen (secondary N) is 2. The van der Waals surface area contributed by atoms with Crippen LogP contribution in [0.4, 0.5) is 0 Å². The number of guanidine groups is 1. The first-order valence-electron chi connectivity index (χ1n) is 9.66. The molecule has 0 aliphatic heterocycles. The third-order valence-electron chi connectivity index (χ3n) is 4.54. The molecular formula is C22H28IN3O3S. The Morgan fingerprint density at radius 2 is 1.87 bits per heavy atom. The maximum absolute atomic E-state index is 11.8. The molecular weight excluding hydrogens is 513 g/mol. The Hall–Kier alpha value is -2.07. The average Bonchev–Trinajstić information content (AvgIpc) is 3.08. The topological polar surface area (TPSA) is 83.7 Å². The second-order valence-corrected chi connectivity index (χ2v) is 8.98. The Balaban J connectivity index is 0.00000320. The fourth-order valence-electron chi connectivity index (χ4n) is 3.20. The highest BCUT2D eigenvalue weighted by Gasteiger charge is 2.11. The molecule has 0 unspecified atom stereocenters. The standard InChI is InChI=1S/C22H27N3O3S.HI/c1-4-23-22(24-12-11-19-14-18-7-5-6-8-20(18)28-19)25-15-17-9-10-21(16(2)13-17)29(3,26)27;/h5-10,13-14H,4,11-12,15H2,1-3H3,(H2,23,24,25);1H. The van der Waals surface area contributed by atoms with Gasteiger partial charge in [0.2, 0.25) is 0 Å². The number of furan rings is 1. The van der Waals surface area contributed by atoms with Crippen molar-refractivity contribution >= 4 is 50.7 Å². The molecule has 2 N–H and O–H groups in total. The van der Waals surface area contributed by atoms with Gasteiger partial charge in [0.15, 0.2) is 15.8 Å². The zero-order chi connectivity index (χ0) is 20.9. The fraction of sp³-hybridized carbons (Fsp3) is 0.318. The van der Waals surface area contributed by atoms with Crippen molar-refractivity contribution in [3.8, 4) is 0 Å². The zero-order valence-electron chi connectivity index (χ0n) is 17.4. The van der Waals surface area contributed by atoms with Crippen molar-refractivity contribution in [1.82, 2.24) is 10.6 Å². The van der Waals surface area contributed by atoms with Gasteiger partial charge in [-0.25, -0.2) is 13.4 Å². The van der Waals surface area contributed by atoms with Crippen LogP contribution in [-0.4, -0.2) is 33.7 Å². The number of hydrogen-bond acceptors (Lipinski definition) is 4. The molecule has 0 saturated carbocycles. The van der Waals surface area contributed by atoms with Crippen LogP contribution in [0.25, 0.3) is 11.0 Å². The summed E-state index contributed by atoms with van der Waals surface area (Å²) in [4.78, 5) is 4.97. The summed E-state index contributed by atoms with van der Waals surface area (Å²) < 4.78 is 29.3. The lowest BCUT2D eigenvalue weighted by Crippen LogP contribution is -2.38. The first-order chi connectivity index (χ1) is 13.9. The molecule has 2 aromatic carbocycles. The molecule has 0 radical (unpaired) electrons. The lowest BCUT2D eigenvalue weighted by atomic mass is 10.1. The van der Waals surface area contributed by atoms with Crippen LogP contribution in [0, 0.1) is 6.92 Å². The number of benzene rings is 2. The Bertz CT molecular complexity index is 1090. The third kappa shape index (κ3) is 6.46. The van der Waals surface area contributed by atoms with Crippen molar-refractivity contribution in [1.29, 1.82) is 0 Å². The van der Waals surface area contributed by atoms with Crippen LogP contribution in [-0.2, 0) is 22.8 Å². The van der Waals surface area contributed by atoms with E-state index >= 15 is 0 Å². The van der Waals surface area contributed by atoms with Gasteiger partial charge in [-0.15, -0.1) is 24.0 Å². The SMILES string of the molecule is CCNC(=NCc1ccc(S(C)(=O)=O)c(C)c1)NCCc1cc2ccccc2o1.I. The number of aliphatic imine (C=N–C) groups is 1. The first kappa shape index (κ1) is 24.2. The Morgan fingerprint density at radius 1 is 1.10 bits per heavy atom. The monoisotopic (exact) mass is 541 g/mol. The summed E-state index contributed by atoms with van der Waals surface area (Å²) in [5, 5.41) is 7.65. The minimum Gasteiger partial charge on any atom is -0.461 e. The lowest BCUT2D eigenvalue weighted by molar-refractivity contribution is 0.544. The summed E-state index contributed by atoms with van der Waals surface area (Å²) in [6.07, 6.45) is 1.98. The predicted molar refractivity (Wildman–Crippen MR) is 132 cm³/mol. The van der Waals surface area contributed by atoms with Gasteiger partial charge >= 0.3 is 0 Å². The van der Waals surface area contributed by atoms with Gasteiger partial charge in [0, 0.05) is 31.2 Å². The lowest BCUT2D eigenvalue weighted by Gasteiger charge is -2.11. The summed E-state index contributed by atoms with van der Waals surface area (Å²) in [5.74, 6) is 1.65. The van der Waals surface area contributed by atoms with Crippen LogP contribution in [0.3, 0.4) is 0 Å². The van der Waals surface area contributed by atoms with Crippen LogP contribution < -0.4 is 10.6 Å². The second kappa shape index (κ2) is 10.8. The van der Waals surface area contributed by atoms with Gasteiger partial charge in [-0.1, -0.05) is 30.3 Å². The maximum Gasteiger partial charge on any atom is 0.191 e. The Kier molecular flexibility index (Phi) is 8.72. The normalized spacial score (nSPS) is 11.9. The van der Waals surface area contributed by atoms with Crippen molar-refractivity contribution in [2.75, 3.05) is 19.3 Å². The Morgan fingerprint density at radius 3 is 2.53 bits per heavy atom. The molecule has 162 valence electrons. The molecule has 0 saturated heterocycles. The van der Waals surface area contributed by atoms with Crippen LogP contribution in [0.1, 0.15) is 23.8 Å². The quantitative estimate of drug-likeness (QED) is 0.268. The van der Waals surface area contributed by atoms with E-state index in [1.54, 1.807) is 13.0 Å². The van der Waals surface area contributed by atoms with Gasteiger partial charge in [0.1, 0.15) is 11.3 Å². The average molecular weight is 541 g/mol. The number of rotatable bonds is 7. The molecule has 6 nitrogen and oxygen atoms in total. The molecule has 0 aliphatic rings. The molecule has 0 bridgehead atoms. The van der Waals surface area contributed by atoms with Crippen molar-refractivity contribution in [2.45, 2.75) is 31.7 Å². The molecule has 0 fully saturated rings. The third-order valence-corrected chi connectivity index (χ3v) is 5.80. The van der Waals surface area contributed by atoms with Crippen LogP contribution >= 0.6 is 24.0 Å². The van der Waals surface area contributed by atoms with E-state index in [1.165, 1.54) is 6.26 Å². The van der Waals surface area contributed by atoms with E-state index in [0.29, 0.717) is 23.9 Å². The fourth-order valence-corrected chi connectivity index (χ4v) is 4.16. The molecule has 30 heavy (non-hydrogen) atoms. The molecule has 0 aliphatic carbocycles. The van der Waals surface area contributed by atoms with Crippen molar-refractivity contribution in [2.24, 2.45) is 4.99 Å². The summed E-state index contributed by atoms with van der Waals surface area (Å²) in [6, 6.07) is 15.4. The summed E-state index contributed by atoms with van der Waals surface area (Å²) >= 11 is 0. The first-order valence-corrected chi connectivity index (χ1v) is 11.5. The van der Waals surface area contributed by atoms with Gasteiger partial charge in [-0.05, 0) is 43.2 Å². The van der Waals surface area contributed by atoms with Gasteiger partial charge in [0.05, 0.1) is 11.4 Å². The largest absolute Gasteiger partial charge is 0.461 e. The number of halogens is 1. The van der Waals surface area contributed by atoms with Crippen LogP contribution in [0.5, 0.6) is 0 Å². The number of nitrogens with zero attached hydrogens (tertiary/aromatic N) is 1. The summed E-state index contributed by atoms with van der Waals surface area (Å²) in [6.45, 7) is 5.73. The van der Waals surface area contributed by atoms with E-state index in [4.69, 9.17) is 4.42 Å². The van der Waals surface area contributed by atoms with E-state index in [-0.39, 0.29) is 24.0 Å². The van der Waals surface area contributed by atoms with Crippen molar-refractivity contribution in [3.63, 3.8) is 0 Å². The number of hydrogen-bond donors (Lipinski definition) is 2. The zero-order valence-corrected chi connectivity index (χ0v) is 20.6. The van der Waals surface area contributed by atoms with Gasteiger partial charge in [0.25, 0.3) is 0 Å². The smallest absolute Gasteiger partial charge is 0.191 e. The van der Waals surface area contributed by atoms with E-state index < -0.39 is 9.84 Å². The minimum absolute atomic E-state index is 0. The molecule has 0 atom stereocenters. The molecule has 8 heteroatoms. The molecule has 3 aromatic rings. The number of aryl methyl sites for hydroxylation is 1. The molecule has 0 amide bonds. The summed E-state index contributed by atoms with van der Waals surface area (Å²) in [5.41, 5.74) is 2.60. The van der Waals surface area contributed by atoms with Gasteiger partial charge in [-0.3, -0.25) is 0 Å². The van der Waals surface area contributed by atoms with Gasteiger partial charge < -0.3 is 15.1 Å². The highest BCUT2D eigenvalue weighted by atomic mass is 127. The highest BCUT2D eigenvalue weighted by molar-refractivity contribution is 14.0. The molecule has 0 spiro atoms. The van der Waals surface area contributed by atoms with Crippen LogP contribution in [0.2, 0.25) is 0 Å². The van der Waals surface area contributed by atoms with Crippen LogP contribution in [0.15, 0.2) is 62.8 Å². The molecule has 1 aromatic heterocycles. The summed E-state index contributed by atoms with van der Waals surface area (Å²) in [7, 11) is -3.21. The minimum atomic E-state index is -3.21. The van der Waals surface area contributed by atoms with Crippen molar-refractivity contribution in [3.05, 3.63) is 65.4 Å². The second-order valence-electron chi connectivity index (χ2n) is 6.99. The maximum atomic E-state index is 11.8. The number of para-hydroxylation sites is 1.